The highest BCUT2D eigenvalue weighted by Crippen LogP contribution is 2.31. The van der Waals surface area contributed by atoms with E-state index in [1.165, 1.54) is 18.4 Å². The third-order valence-corrected chi connectivity index (χ3v) is 2.91. The Kier molecular flexibility index (Phi) is 3.41. The van der Waals surface area contributed by atoms with Crippen LogP contribution in [0.15, 0.2) is 34.9 Å². The zero-order valence-electron chi connectivity index (χ0n) is 8.46. The van der Waals surface area contributed by atoms with E-state index in [1.54, 1.807) is 0 Å². The molecule has 0 radical (unpaired) electrons. The molecule has 0 saturated heterocycles. The van der Waals surface area contributed by atoms with Crippen LogP contribution in [0.5, 0.6) is 0 Å². The summed E-state index contributed by atoms with van der Waals surface area (Å²) in [5.74, 6) is 0.211. The van der Waals surface area contributed by atoms with Gasteiger partial charge in [0.15, 0.2) is 0 Å². The number of nitrogens with zero attached hydrogens (tertiary/aromatic N) is 1. The quantitative estimate of drug-likeness (QED) is 0.595. The van der Waals surface area contributed by atoms with Gasteiger partial charge in [0.05, 0.1) is 11.3 Å². The summed E-state index contributed by atoms with van der Waals surface area (Å²) in [5, 5.41) is 0. The molecule has 0 amide bonds. The lowest BCUT2D eigenvalue weighted by Crippen LogP contribution is -2.04. The second-order valence-corrected chi connectivity index (χ2v) is 4.12. The summed E-state index contributed by atoms with van der Waals surface area (Å²) in [7, 11) is 0. The van der Waals surface area contributed by atoms with E-state index in [1.807, 2.05) is 0 Å². The first-order chi connectivity index (χ1) is 8.00. The van der Waals surface area contributed by atoms with Crippen molar-refractivity contribution >= 4 is 22.6 Å². The van der Waals surface area contributed by atoms with Gasteiger partial charge in [0.2, 0.25) is 5.89 Å². The predicted octanol–water partition coefficient (Wildman–Crippen LogP) is 4.30. The maximum atomic E-state index is 12.5. The summed E-state index contributed by atoms with van der Waals surface area (Å²) in [5.41, 5.74) is 0.332. The van der Waals surface area contributed by atoms with Crippen LogP contribution in [-0.2, 0) is 10.6 Å². The van der Waals surface area contributed by atoms with E-state index < -0.39 is 11.7 Å². The number of hydrogen-bond acceptors (Lipinski definition) is 2. The molecular weight excluding hydrogens is 346 g/mol. The van der Waals surface area contributed by atoms with Crippen molar-refractivity contribution in [2.75, 3.05) is 0 Å². The lowest BCUT2D eigenvalue weighted by molar-refractivity contribution is -0.137. The van der Waals surface area contributed by atoms with Crippen LogP contribution in [0.1, 0.15) is 11.3 Å². The molecule has 6 heteroatoms. The number of rotatable bonds is 2. The molecular formula is C11H7F3INO. The third-order valence-electron chi connectivity index (χ3n) is 2.13. The molecule has 2 nitrogen and oxygen atoms in total. The largest absolute Gasteiger partial charge is 0.444 e. The summed E-state index contributed by atoms with van der Waals surface area (Å²) in [6.45, 7) is 0. The molecule has 1 heterocycles. The molecule has 2 rings (SSSR count). The number of alkyl halides is 4. The Bertz CT molecular complexity index is 521. The highest BCUT2D eigenvalue weighted by molar-refractivity contribution is 14.1. The Labute approximate surface area is 109 Å². The Morgan fingerprint density at radius 3 is 2.65 bits per heavy atom. The maximum Gasteiger partial charge on any atom is 0.416 e. The van der Waals surface area contributed by atoms with Gasteiger partial charge in [-0.1, -0.05) is 28.7 Å². The van der Waals surface area contributed by atoms with Crippen LogP contribution < -0.4 is 0 Å². The van der Waals surface area contributed by atoms with Crippen molar-refractivity contribution in [3.05, 3.63) is 41.8 Å². The molecule has 0 bridgehead atoms. The van der Waals surface area contributed by atoms with Crippen LogP contribution in [-0.4, -0.2) is 4.98 Å². The van der Waals surface area contributed by atoms with E-state index in [0.29, 0.717) is 15.7 Å². The zero-order valence-corrected chi connectivity index (χ0v) is 10.6. The molecule has 0 saturated carbocycles. The average Bonchev–Trinajstić information content (AvgIpc) is 2.76. The van der Waals surface area contributed by atoms with Gasteiger partial charge in [0.1, 0.15) is 6.26 Å². The number of benzene rings is 1. The van der Waals surface area contributed by atoms with E-state index >= 15 is 0 Å². The lowest BCUT2D eigenvalue weighted by Gasteiger charge is -2.06. The van der Waals surface area contributed by atoms with E-state index in [9.17, 15) is 13.2 Å². The second kappa shape index (κ2) is 4.67. The molecule has 2 aromatic rings. The first-order valence-corrected chi connectivity index (χ1v) is 6.21. The van der Waals surface area contributed by atoms with Crippen molar-refractivity contribution in [3.63, 3.8) is 0 Å². The van der Waals surface area contributed by atoms with E-state index in [-0.39, 0.29) is 5.89 Å². The normalized spacial score (nSPS) is 11.8. The summed E-state index contributed by atoms with van der Waals surface area (Å²) in [6, 6.07) is 4.93. The highest BCUT2D eigenvalue weighted by Gasteiger charge is 2.30. The molecule has 0 N–H and O–H groups in total. The third kappa shape index (κ3) is 2.80. The molecule has 1 aromatic carbocycles. The number of oxazole rings is 1. The van der Waals surface area contributed by atoms with Crippen LogP contribution >= 0.6 is 22.6 Å². The average molecular weight is 353 g/mol. The van der Waals surface area contributed by atoms with Crippen LogP contribution in [0.2, 0.25) is 0 Å². The Balaban J connectivity index is 2.39. The summed E-state index contributed by atoms with van der Waals surface area (Å²) >= 11 is 2.10. The number of halogens is 4. The molecule has 0 aliphatic carbocycles. The molecule has 0 spiro atoms. The van der Waals surface area contributed by atoms with Gasteiger partial charge < -0.3 is 4.42 Å². The second-order valence-electron chi connectivity index (χ2n) is 3.36. The summed E-state index contributed by atoms with van der Waals surface area (Å²) in [4.78, 5) is 4.08. The Morgan fingerprint density at radius 2 is 2.06 bits per heavy atom. The van der Waals surface area contributed by atoms with Gasteiger partial charge in [-0.05, 0) is 18.2 Å². The van der Waals surface area contributed by atoms with Gasteiger partial charge in [-0.15, -0.1) is 0 Å². The SMILES string of the molecule is FC(F)(F)c1cccc(-c2nc(CI)co2)c1. The van der Waals surface area contributed by atoms with Crippen molar-refractivity contribution in [2.24, 2.45) is 0 Å². The fourth-order valence-electron chi connectivity index (χ4n) is 1.33. The molecule has 0 fully saturated rings. The molecule has 0 aliphatic heterocycles. The first-order valence-electron chi connectivity index (χ1n) is 4.68. The lowest BCUT2D eigenvalue weighted by atomic mass is 10.1. The van der Waals surface area contributed by atoms with Gasteiger partial charge >= 0.3 is 6.18 Å². The van der Waals surface area contributed by atoms with Crippen molar-refractivity contribution in [2.45, 2.75) is 10.6 Å². The minimum atomic E-state index is -4.35. The minimum Gasteiger partial charge on any atom is -0.444 e. The van der Waals surface area contributed by atoms with Gasteiger partial charge in [-0.25, -0.2) is 4.98 Å². The van der Waals surface area contributed by atoms with Crippen molar-refractivity contribution in [1.82, 2.24) is 4.98 Å². The predicted molar refractivity (Wildman–Crippen MR) is 64.7 cm³/mol. The summed E-state index contributed by atoms with van der Waals surface area (Å²) < 4.78 is 43.3. The Morgan fingerprint density at radius 1 is 1.29 bits per heavy atom. The smallest absolute Gasteiger partial charge is 0.416 e. The fraction of sp³-hybridized carbons (Fsp3) is 0.182. The van der Waals surface area contributed by atoms with Gasteiger partial charge in [0.25, 0.3) is 0 Å². The van der Waals surface area contributed by atoms with Crippen LogP contribution in [0.3, 0.4) is 0 Å². The van der Waals surface area contributed by atoms with Crippen molar-refractivity contribution < 1.29 is 17.6 Å². The van der Waals surface area contributed by atoms with Crippen molar-refractivity contribution in [1.29, 1.82) is 0 Å². The number of aromatic nitrogens is 1. The molecule has 17 heavy (non-hydrogen) atoms. The maximum absolute atomic E-state index is 12.5. The number of hydrogen-bond donors (Lipinski definition) is 0. The molecule has 0 unspecified atom stereocenters. The van der Waals surface area contributed by atoms with Crippen LogP contribution in [0.4, 0.5) is 13.2 Å². The highest BCUT2D eigenvalue weighted by atomic mass is 127. The van der Waals surface area contributed by atoms with Gasteiger partial charge in [0, 0.05) is 9.99 Å². The minimum absolute atomic E-state index is 0.211. The van der Waals surface area contributed by atoms with Crippen LogP contribution in [0.25, 0.3) is 11.5 Å². The molecule has 0 atom stereocenters. The Hall–Kier alpha value is -1.05. The van der Waals surface area contributed by atoms with Gasteiger partial charge in [-0.2, -0.15) is 13.2 Å². The van der Waals surface area contributed by atoms with Crippen LogP contribution in [0, 0.1) is 0 Å². The molecule has 1 aromatic heterocycles. The van der Waals surface area contributed by atoms with Gasteiger partial charge in [-0.3, -0.25) is 0 Å². The van der Waals surface area contributed by atoms with E-state index in [0.717, 1.165) is 12.1 Å². The first kappa shape index (κ1) is 12.4. The molecule has 90 valence electrons. The zero-order chi connectivity index (χ0) is 12.5. The summed E-state index contributed by atoms with van der Waals surface area (Å²) in [6.07, 6.45) is -2.91. The van der Waals surface area contributed by atoms with E-state index in [2.05, 4.69) is 27.6 Å². The topological polar surface area (TPSA) is 26.0 Å². The standard InChI is InChI=1S/C11H7F3INO/c12-11(13,14)8-3-1-2-7(4-8)10-16-9(5-15)6-17-10/h1-4,6H,5H2. The monoisotopic (exact) mass is 353 g/mol. The van der Waals surface area contributed by atoms with Crippen molar-refractivity contribution in [3.8, 4) is 11.5 Å². The van der Waals surface area contributed by atoms with E-state index in [4.69, 9.17) is 4.42 Å². The molecule has 0 aliphatic rings. The fourth-order valence-corrected chi connectivity index (χ4v) is 1.68.